The Hall–Kier alpha value is -6.18. The fourth-order valence-corrected chi connectivity index (χ4v) is 13.0. The lowest BCUT2D eigenvalue weighted by Gasteiger charge is -2.57. The number of nitrogens with zero attached hydrogens (tertiary/aromatic N) is 1. The zero-order valence-electron chi connectivity index (χ0n) is 34.7. The van der Waals surface area contributed by atoms with Crippen LogP contribution in [0.25, 0.3) is 55.3 Å². The first-order valence-corrected chi connectivity index (χ1v) is 22.3. The maximum Gasteiger partial charge on any atom is 0.0540 e. The molecule has 1 heteroatoms. The van der Waals surface area contributed by atoms with Crippen LogP contribution >= 0.6 is 0 Å². The van der Waals surface area contributed by atoms with E-state index in [1.54, 1.807) is 5.56 Å². The van der Waals surface area contributed by atoms with Crippen LogP contribution in [0.3, 0.4) is 0 Å². The quantitative estimate of drug-likeness (QED) is 0.156. The molecule has 292 valence electrons. The highest BCUT2D eigenvalue weighted by Gasteiger charge is 2.52. The molecular weight excluding hydrogens is 723 g/mol. The van der Waals surface area contributed by atoms with Gasteiger partial charge in [-0.15, -0.1) is 0 Å². The van der Waals surface area contributed by atoms with E-state index in [2.05, 4.69) is 201 Å². The zero-order valence-corrected chi connectivity index (χ0v) is 34.7. The normalized spacial score (nSPS) is 21.8. The number of rotatable bonds is 7. The molecule has 0 radical (unpaired) electrons. The fraction of sp³-hybridized carbons (Fsp3) is 0.220. The summed E-state index contributed by atoms with van der Waals surface area (Å²) in [5.74, 6) is 2.49. The van der Waals surface area contributed by atoms with Gasteiger partial charge in [0.25, 0.3) is 0 Å². The van der Waals surface area contributed by atoms with Crippen molar-refractivity contribution in [1.82, 2.24) is 0 Å². The largest absolute Gasteiger partial charge is 0.310 e. The average molecular weight is 774 g/mol. The lowest BCUT2D eigenvalue weighted by molar-refractivity contribution is -0.00490. The third-order valence-corrected chi connectivity index (χ3v) is 15.2. The molecule has 0 spiro atoms. The molecule has 0 aliphatic heterocycles. The molecule has 4 saturated carbocycles. The van der Waals surface area contributed by atoms with Crippen molar-refractivity contribution in [3.05, 3.63) is 199 Å². The third kappa shape index (κ3) is 5.58. The van der Waals surface area contributed by atoms with Gasteiger partial charge in [-0.05, 0) is 158 Å². The summed E-state index contributed by atoms with van der Waals surface area (Å²) in [6.45, 7) is 4.80. The van der Waals surface area contributed by atoms with Crippen LogP contribution in [-0.2, 0) is 10.8 Å². The van der Waals surface area contributed by atoms with Gasteiger partial charge in [-0.25, -0.2) is 0 Å². The summed E-state index contributed by atoms with van der Waals surface area (Å²) in [4.78, 5) is 2.59. The molecule has 8 aromatic carbocycles. The Morgan fingerprint density at radius 1 is 0.400 bits per heavy atom. The van der Waals surface area contributed by atoms with E-state index in [-0.39, 0.29) is 10.8 Å². The van der Waals surface area contributed by atoms with Crippen LogP contribution in [0.1, 0.15) is 69.1 Å². The third-order valence-electron chi connectivity index (χ3n) is 15.2. The van der Waals surface area contributed by atoms with Crippen LogP contribution in [0.4, 0.5) is 17.1 Å². The molecule has 0 aromatic heterocycles. The minimum atomic E-state index is -0.106. The highest BCUT2D eigenvalue weighted by Crippen LogP contribution is 2.63. The Morgan fingerprint density at radius 2 is 0.883 bits per heavy atom. The van der Waals surface area contributed by atoms with Crippen LogP contribution < -0.4 is 4.90 Å². The molecule has 0 atom stereocenters. The van der Waals surface area contributed by atoms with E-state index in [0.717, 1.165) is 17.8 Å². The summed E-state index contributed by atoms with van der Waals surface area (Å²) in [5, 5.41) is 2.66. The maximum absolute atomic E-state index is 2.67. The predicted octanol–water partition coefficient (Wildman–Crippen LogP) is 16.1. The molecule has 1 nitrogen and oxygen atoms in total. The van der Waals surface area contributed by atoms with E-state index < -0.39 is 0 Å². The summed E-state index contributed by atoms with van der Waals surface area (Å²) in [6.07, 6.45) is 8.17. The molecule has 4 bridgehead atoms. The second-order valence-corrected chi connectivity index (χ2v) is 19.1. The van der Waals surface area contributed by atoms with Crippen molar-refractivity contribution in [2.75, 3.05) is 4.90 Å². The average Bonchev–Trinajstić information content (AvgIpc) is 3.51. The molecule has 5 aliphatic carbocycles. The molecule has 0 N–H and O–H groups in total. The fourth-order valence-electron chi connectivity index (χ4n) is 13.0. The van der Waals surface area contributed by atoms with Crippen LogP contribution in [0, 0.1) is 17.8 Å². The Balaban J connectivity index is 1.12. The molecule has 0 amide bonds. The first-order valence-electron chi connectivity index (χ1n) is 22.3. The molecular formula is C59H51N. The van der Waals surface area contributed by atoms with Gasteiger partial charge >= 0.3 is 0 Å². The zero-order chi connectivity index (χ0) is 40.0. The lowest BCUT2D eigenvalue weighted by atomic mass is 9.47. The van der Waals surface area contributed by atoms with Gasteiger partial charge in [-0.3, -0.25) is 0 Å². The summed E-state index contributed by atoms with van der Waals surface area (Å²) >= 11 is 0. The van der Waals surface area contributed by atoms with Crippen molar-refractivity contribution in [2.45, 2.75) is 63.2 Å². The van der Waals surface area contributed by atoms with Gasteiger partial charge in [0, 0.05) is 22.4 Å². The van der Waals surface area contributed by atoms with Crippen LogP contribution in [0.2, 0.25) is 0 Å². The van der Waals surface area contributed by atoms with Gasteiger partial charge in [-0.1, -0.05) is 166 Å². The molecule has 5 aliphatic rings. The molecule has 13 rings (SSSR count). The minimum absolute atomic E-state index is 0.106. The molecule has 60 heavy (non-hydrogen) atoms. The number of hydrogen-bond donors (Lipinski definition) is 0. The number of benzene rings is 8. The first-order chi connectivity index (χ1) is 29.4. The van der Waals surface area contributed by atoms with E-state index >= 15 is 0 Å². The molecule has 4 fully saturated rings. The van der Waals surface area contributed by atoms with Gasteiger partial charge < -0.3 is 4.90 Å². The van der Waals surface area contributed by atoms with E-state index in [4.69, 9.17) is 0 Å². The van der Waals surface area contributed by atoms with E-state index in [1.165, 1.54) is 122 Å². The van der Waals surface area contributed by atoms with Gasteiger partial charge in [0.05, 0.1) is 5.69 Å². The minimum Gasteiger partial charge on any atom is -0.310 e. The highest BCUT2D eigenvalue weighted by molar-refractivity contribution is 6.07. The summed E-state index contributed by atoms with van der Waals surface area (Å²) in [7, 11) is 0. The van der Waals surface area contributed by atoms with E-state index in [1.807, 2.05) is 0 Å². The van der Waals surface area contributed by atoms with Gasteiger partial charge in [-0.2, -0.15) is 0 Å². The van der Waals surface area contributed by atoms with Crippen molar-refractivity contribution < 1.29 is 0 Å². The topological polar surface area (TPSA) is 3.24 Å². The lowest BCUT2D eigenvalue weighted by Crippen LogP contribution is -2.48. The Bertz CT molecular complexity index is 2900. The van der Waals surface area contributed by atoms with E-state index in [0.29, 0.717) is 0 Å². The van der Waals surface area contributed by atoms with Crippen LogP contribution in [-0.4, -0.2) is 0 Å². The van der Waals surface area contributed by atoms with Crippen molar-refractivity contribution >= 4 is 27.8 Å². The summed E-state index contributed by atoms with van der Waals surface area (Å²) < 4.78 is 0. The van der Waals surface area contributed by atoms with Crippen molar-refractivity contribution in [2.24, 2.45) is 17.8 Å². The molecule has 0 saturated heterocycles. The SMILES string of the molecule is CC1(C)c2ccccc2-c2ccc(N(c3ccc(-c4cccc5cccc(-c6ccccc6)c45)c(C45CC6CC(CC(C6)C4)C5)c3)c3ccccc3-c3ccccc3)cc21. The van der Waals surface area contributed by atoms with Gasteiger partial charge in [0.2, 0.25) is 0 Å². The number of hydrogen-bond acceptors (Lipinski definition) is 1. The Kier molecular flexibility index (Phi) is 8.15. The molecule has 0 heterocycles. The highest BCUT2D eigenvalue weighted by atomic mass is 15.1. The predicted molar refractivity (Wildman–Crippen MR) is 252 cm³/mol. The summed E-state index contributed by atoms with van der Waals surface area (Å²) in [6, 6.07) is 68.8. The second-order valence-electron chi connectivity index (χ2n) is 19.1. The van der Waals surface area contributed by atoms with Crippen molar-refractivity contribution in [1.29, 1.82) is 0 Å². The number of para-hydroxylation sites is 1. The smallest absolute Gasteiger partial charge is 0.0540 e. The number of anilines is 3. The monoisotopic (exact) mass is 773 g/mol. The van der Waals surface area contributed by atoms with Crippen LogP contribution in [0.15, 0.2) is 182 Å². The molecule has 8 aromatic rings. The first kappa shape index (κ1) is 35.7. The number of fused-ring (bicyclic) bond motifs is 4. The van der Waals surface area contributed by atoms with Crippen molar-refractivity contribution in [3.8, 4) is 44.5 Å². The van der Waals surface area contributed by atoms with Gasteiger partial charge in [0.1, 0.15) is 0 Å². The van der Waals surface area contributed by atoms with Crippen LogP contribution in [0.5, 0.6) is 0 Å². The van der Waals surface area contributed by atoms with Gasteiger partial charge in [0.15, 0.2) is 0 Å². The standard InChI is InChI=1S/C59H51N/c1-58(2)53-25-11-9-22-49(53)50-29-27-45(34-54(50)58)60(56-26-12-10-21-47(56)42-15-5-3-6-16-42)46-28-30-51(55(35-46)59-36-39-31-40(37-59)33-41(32-39)38-59)52-24-14-20-44-19-13-23-48(57(44)52)43-17-7-4-8-18-43/h3-30,34-35,39-41H,31-33,36-38H2,1-2H3. The van der Waals surface area contributed by atoms with Crippen molar-refractivity contribution in [3.63, 3.8) is 0 Å². The molecule has 0 unspecified atom stereocenters. The Labute approximate surface area is 355 Å². The Morgan fingerprint density at radius 3 is 1.53 bits per heavy atom. The second kappa shape index (κ2) is 13.7. The van der Waals surface area contributed by atoms with E-state index in [9.17, 15) is 0 Å². The summed E-state index contributed by atoms with van der Waals surface area (Å²) in [5.41, 5.74) is 18.6. The maximum atomic E-state index is 2.67.